The quantitative estimate of drug-likeness (QED) is 0.390. The van der Waals surface area contributed by atoms with E-state index in [0.717, 1.165) is 16.0 Å². The van der Waals surface area contributed by atoms with Crippen LogP contribution in [-0.4, -0.2) is 53.0 Å². The number of methoxy groups -OCH3 is 1. The molecule has 0 bridgehead atoms. The molecule has 2 aliphatic heterocycles. The number of carbonyl (C=O) groups excluding carboxylic acids is 4. The summed E-state index contributed by atoms with van der Waals surface area (Å²) in [5, 5.41) is 5.73. The second-order valence-corrected chi connectivity index (χ2v) is 8.40. The van der Waals surface area contributed by atoms with E-state index in [1.165, 1.54) is 30.5 Å². The molecular weight excluding hydrogens is 464 g/mol. The predicted octanol–water partition coefficient (Wildman–Crippen LogP) is 3.27. The number of hydrogen-bond acceptors (Lipinski definition) is 7. The van der Waals surface area contributed by atoms with Crippen LogP contribution in [0.15, 0.2) is 76.4 Å². The summed E-state index contributed by atoms with van der Waals surface area (Å²) >= 11 is 0. The molecule has 0 saturated carbocycles. The molecule has 3 aromatic rings. The van der Waals surface area contributed by atoms with Crippen LogP contribution in [0.25, 0.3) is 0 Å². The fourth-order valence-corrected chi connectivity index (χ4v) is 4.17. The molecule has 1 fully saturated rings. The zero-order chi connectivity index (χ0) is 25.4. The van der Waals surface area contributed by atoms with E-state index in [1.54, 1.807) is 24.3 Å². The van der Waals surface area contributed by atoms with Gasteiger partial charge in [0, 0.05) is 6.42 Å². The number of furan rings is 1. The number of benzene rings is 2. The Hall–Kier alpha value is -4.73. The van der Waals surface area contributed by atoms with Crippen molar-refractivity contribution in [2.45, 2.75) is 19.4 Å². The van der Waals surface area contributed by atoms with Gasteiger partial charge in [0.15, 0.2) is 0 Å². The van der Waals surface area contributed by atoms with Gasteiger partial charge in [0.1, 0.15) is 24.1 Å². The van der Waals surface area contributed by atoms with Gasteiger partial charge >= 0.3 is 17.8 Å². The molecule has 0 aliphatic carbocycles. The number of carbonyl (C=O) groups is 4. The highest BCUT2D eigenvalue weighted by Gasteiger charge is 2.47. The third-order valence-corrected chi connectivity index (χ3v) is 6.10. The molecule has 10 nitrogen and oxygen atoms in total. The van der Waals surface area contributed by atoms with Crippen LogP contribution in [0.1, 0.15) is 29.3 Å². The number of hydrogen-bond donors (Lipinski definition) is 0. The molecule has 1 atom stereocenters. The standard InChI is InChI=1S/C26H22N4O6/c1-16-5-7-17(8-6-16)20-14-21(22-4-3-13-36-22)30(27-20)23(31)15-28-24(32)25(33)29(26(28)34)18-9-11-19(35-2)12-10-18/h3-13,21H,14-15H2,1-2H3/t21-/m1/s1. The Kier molecular flexibility index (Phi) is 5.85. The minimum absolute atomic E-state index is 0.198. The van der Waals surface area contributed by atoms with Crippen LogP contribution in [0, 0.1) is 6.92 Å². The molecule has 182 valence electrons. The van der Waals surface area contributed by atoms with E-state index >= 15 is 0 Å². The number of urea groups is 1. The third kappa shape index (κ3) is 4.02. The third-order valence-electron chi connectivity index (χ3n) is 6.10. The van der Waals surface area contributed by atoms with Gasteiger partial charge in [0.2, 0.25) is 0 Å². The van der Waals surface area contributed by atoms with Crippen LogP contribution in [0.3, 0.4) is 0 Å². The van der Waals surface area contributed by atoms with Crippen molar-refractivity contribution in [3.05, 3.63) is 83.8 Å². The monoisotopic (exact) mass is 486 g/mol. The smallest absolute Gasteiger partial charge is 0.339 e. The number of hydrazone groups is 1. The largest absolute Gasteiger partial charge is 0.497 e. The zero-order valence-electron chi connectivity index (χ0n) is 19.6. The fourth-order valence-electron chi connectivity index (χ4n) is 4.17. The Bertz CT molecular complexity index is 1360. The highest BCUT2D eigenvalue weighted by atomic mass is 16.5. The van der Waals surface area contributed by atoms with Crippen molar-refractivity contribution in [3.63, 3.8) is 0 Å². The number of ether oxygens (including phenoxy) is 1. The Morgan fingerprint density at radius 3 is 2.39 bits per heavy atom. The lowest BCUT2D eigenvalue weighted by Gasteiger charge is -2.22. The van der Waals surface area contributed by atoms with Gasteiger partial charge in [-0.05, 0) is 48.9 Å². The molecule has 2 aliphatic rings. The minimum Gasteiger partial charge on any atom is -0.497 e. The van der Waals surface area contributed by atoms with E-state index in [0.29, 0.717) is 28.5 Å². The summed E-state index contributed by atoms with van der Waals surface area (Å²) in [6, 6.07) is 15.8. The van der Waals surface area contributed by atoms with Gasteiger partial charge in [-0.2, -0.15) is 5.10 Å². The van der Waals surface area contributed by atoms with Crippen LogP contribution >= 0.6 is 0 Å². The molecule has 1 aromatic heterocycles. The van der Waals surface area contributed by atoms with Crippen molar-refractivity contribution in [2.75, 3.05) is 18.6 Å². The molecule has 36 heavy (non-hydrogen) atoms. The van der Waals surface area contributed by atoms with Crippen LogP contribution in [0.5, 0.6) is 5.75 Å². The number of aryl methyl sites for hydroxylation is 1. The van der Waals surface area contributed by atoms with E-state index in [1.807, 2.05) is 31.2 Å². The minimum atomic E-state index is -1.08. The van der Waals surface area contributed by atoms with Crippen molar-refractivity contribution in [1.29, 1.82) is 0 Å². The van der Waals surface area contributed by atoms with E-state index in [-0.39, 0.29) is 5.69 Å². The molecule has 0 radical (unpaired) electrons. The molecule has 5 rings (SSSR count). The van der Waals surface area contributed by atoms with Crippen molar-refractivity contribution in [1.82, 2.24) is 9.91 Å². The second-order valence-electron chi connectivity index (χ2n) is 8.40. The van der Waals surface area contributed by atoms with Gasteiger partial charge < -0.3 is 9.15 Å². The molecule has 10 heteroatoms. The topological polar surface area (TPSA) is 113 Å². The normalized spacial score (nSPS) is 17.7. The van der Waals surface area contributed by atoms with E-state index in [9.17, 15) is 19.2 Å². The van der Waals surface area contributed by atoms with Crippen LogP contribution in [0.2, 0.25) is 0 Å². The lowest BCUT2D eigenvalue weighted by atomic mass is 10.0. The van der Waals surface area contributed by atoms with E-state index < -0.39 is 36.3 Å². The highest BCUT2D eigenvalue weighted by Crippen LogP contribution is 2.34. The Labute approximate surface area is 206 Å². The van der Waals surface area contributed by atoms with Gasteiger partial charge in [-0.1, -0.05) is 29.8 Å². The van der Waals surface area contributed by atoms with Crippen LogP contribution in [0.4, 0.5) is 10.5 Å². The van der Waals surface area contributed by atoms with Gasteiger partial charge in [-0.25, -0.2) is 19.6 Å². The maximum atomic E-state index is 13.3. The summed E-state index contributed by atoms with van der Waals surface area (Å²) in [5.41, 5.74) is 2.80. The maximum Gasteiger partial charge on any atom is 0.339 e. The van der Waals surface area contributed by atoms with Crippen molar-refractivity contribution in [2.24, 2.45) is 5.10 Å². The van der Waals surface area contributed by atoms with E-state index in [4.69, 9.17) is 9.15 Å². The lowest BCUT2D eigenvalue weighted by molar-refractivity contribution is -0.143. The predicted molar refractivity (Wildman–Crippen MR) is 128 cm³/mol. The average molecular weight is 486 g/mol. The fraction of sp³-hybridized carbons (Fsp3) is 0.192. The number of rotatable bonds is 6. The zero-order valence-corrected chi connectivity index (χ0v) is 19.6. The number of amides is 5. The van der Waals surface area contributed by atoms with Crippen LogP contribution < -0.4 is 9.64 Å². The molecule has 1 saturated heterocycles. The van der Waals surface area contributed by atoms with Gasteiger partial charge in [0.25, 0.3) is 5.91 Å². The van der Waals surface area contributed by atoms with Crippen molar-refractivity contribution in [3.8, 4) is 5.75 Å². The maximum absolute atomic E-state index is 13.3. The summed E-state index contributed by atoms with van der Waals surface area (Å²) in [5.74, 6) is -1.70. The summed E-state index contributed by atoms with van der Waals surface area (Å²) in [6.45, 7) is 1.33. The Morgan fingerprint density at radius 2 is 1.75 bits per heavy atom. The first kappa shape index (κ1) is 23.0. The van der Waals surface area contributed by atoms with E-state index in [2.05, 4.69) is 5.10 Å². The van der Waals surface area contributed by atoms with Gasteiger partial charge in [0.05, 0.1) is 24.8 Å². The van der Waals surface area contributed by atoms with Gasteiger partial charge in [-0.15, -0.1) is 0 Å². The average Bonchev–Trinajstić information content (AvgIpc) is 3.61. The Balaban J connectivity index is 1.40. The first-order valence-electron chi connectivity index (χ1n) is 11.2. The molecule has 0 unspecified atom stereocenters. The molecule has 2 aromatic carbocycles. The molecule has 0 N–H and O–H groups in total. The first-order chi connectivity index (χ1) is 17.4. The Morgan fingerprint density at radius 1 is 1.03 bits per heavy atom. The highest BCUT2D eigenvalue weighted by molar-refractivity contribution is 6.53. The lowest BCUT2D eigenvalue weighted by Crippen LogP contribution is -2.42. The molecule has 5 amide bonds. The number of nitrogens with zero attached hydrogens (tertiary/aromatic N) is 4. The molecule has 0 spiro atoms. The first-order valence-corrected chi connectivity index (χ1v) is 11.2. The summed E-state index contributed by atoms with van der Waals surface area (Å²) in [4.78, 5) is 53.0. The van der Waals surface area contributed by atoms with Crippen molar-refractivity contribution < 1.29 is 28.3 Å². The number of imide groups is 2. The SMILES string of the molecule is COc1ccc(N2C(=O)C(=O)N(CC(=O)N3N=C(c4ccc(C)cc4)C[C@@H]3c3ccco3)C2=O)cc1. The summed E-state index contributed by atoms with van der Waals surface area (Å²) < 4.78 is 10.6. The summed E-state index contributed by atoms with van der Waals surface area (Å²) in [6.07, 6.45) is 1.89. The summed E-state index contributed by atoms with van der Waals surface area (Å²) in [7, 11) is 1.49. The second kappa shape index (κ2) is 9.14. The van der Waals surface area contributed by atoms with Crippen LogP contribution in [-0.2, 0) is 14.4 Å². The number of anilines is 1. The molecular formula is C26H22N4O6. The molecule has 3 heterocycles. The van der Waals surface area contributed by atoms with Gasteiger partial charge in [-0.3, -0.25) is 14.4 Å². The van der Waals surface area contributed by atoms with Crippen molar-refractivity contribution >= 4 is 35.2 Å².